The number of halogens is 1. The van der Waals surface area contributed by atoms with Crippen molar-refractivity contribution < 1.29 is 9.47 Å². The Bertz CT molecular complexity index is 860. The normalized spacial score (nSPS) is 16.8. The first-order chi connectivity index (χ1) is 15.1. The lowest BCUT2D eigenvalue weighted by Gasteiger charge is -2.32. The van der Waals surface area contributed by atoms with Crippen molar-refractivity contribution >= 4 is 23.4 Å². The third-order valence-electron chi connectivity index (χ3n) is 5.09. The van der Waals surface area contributed by atoms with E-state index in [0.717, 1.165) is 67.9 Å². The average molecular weight is 446 g/mol. The second-order valence-corrected chi connectivity index (χ2v) is 7.89. The summed E-state index contributed by atoms with van der Waals surface area (Å²) in [5, 5.41) is 7.36. The third kappa shape index (κ3) is 7.01. The first-order valence-corrected chi connectivity index (χ1v) is 11.1. The van der Waals surface area contributed by atoms with Gasteiger partial charge in [0.05, 0.1) is 26.4 Å². The number of nitrogens with one attached hydrogen (secondary N) is 2. The number of guanidine groups is 1. The van der Waals surface area contributed by atoms with Crippen molar-refractivity contribution in [3.63, 3.8) is 0 Å². The van der Waals surface area contributed by atoms with E-state index >= 15 is 0 Å². The second-order valence-electron chi connectivity index (χ2n) is 7.48. The first kappa shape index (κ1) is 23.2. The van der Waals surface area contributed by atoms with E-state index in [4.69, 9.17) is 21.1 Å². The molecular formula is C23H32ClN5O2. The van der Waals surface area contributed by atoms with E-state index in [1.807, 2.05) is 24.4 Å². The summed E-state index contributed by atoms with van der Waals surface area (Å²) in [6, 6.07) is 9.91. The summed E-state index contributed by atoms with van der Waals surface area (Å²) in [5.74, 6) is 2.53. The fourth-order valence-electron chi connectivity index (χ4n) is 3.41. The lowest BCUT2D eigenvalue weighted by Crippen LogP contribution is -2.41. The molecule has 0 radical (unpaired) electrons. The molecule has 1 atom stereocenters. The van der Waals surface area contributed by atoms with Crippen LogP contribution in [0, 0.1) is 0 Å². The van der Waals surface area contributed by atoms with E-state index < -0.39 is 0 Å². The molecule has 3 rings (SSSR count). The second kappa shape index (κ2) is 11.8. The molecule has 1 aliphatic rings. The van der Waals surface area contributed by atoms with Crippen LogP contribution in [0.1, 0.15) is 25.0 Å². The van der Waals surface area contributed by atoms with Crippen molar-refractivity contribution in [1.29, 1.82) is 0 Å². The van der Waals surface area contributed by atoms with Crippen LogP contribution in [-0.4, -0.2) is 56.9 Å². The lowest BCUT2D eigenvalue weighted by atomic mass is 10.1. The molecule has 31 heavy (non-hydrogen) atoms. The monoisotopic (exact) mass is 445 g/mol. The van der Waals surface area contributed by atoms with Gasteiger partial charge >= 0.3 is 0 Å². The Morgan fingerprint density at radius 2 is 2.19 bits per heavy atom. The summed E-state index contributed by atoms with van der Waals surface area (Å²) in [6.45, 7) is 8.72. The summed E-state index contributed by atoms with van der Waals surface area (Å²) < 4.78 is 10.8. The number of methoxy groups -OCH3 is 1. The van der Waals surface area contributed by atoms with Gasteiger partial charge in [0, 0.05) is 37.4 Å². The highest BCUT2D eigenvalue weighted by Crippen LogP contribution is 2.22. The van der Waals surface area contributed by atoms with Crippen LogP contribution in [0.25, 0.3) is 0 Å². The van der Waals surface area contributed by atoms with Gasteiger partial charge in [-0.15, -0.1) is 0 Å². The van der Waals surface area contributed by atoms with Crippen molar-refractivity contribution in [1.82, 2.24) is 15.6 Å². The van der Waals surface area contributed by atoms with E-state index in [9.17, 15) is 0 Å². The Kier molecular flexibility index (Phi) is 8.79. The fourth-order valence-corrected chi connectivity index (χ4v) is 3.67. The average Bonchev–Trinajstić information content (AvgIpc) is 2.78. The SMILES string of the molecule is CCNC(=NCc1ccc(N2CCOC(C)C2)nc1)NCCc1ccc(OC)cc1Cl. The zero-order valence-electron chi connectivity index (χ0n) is 18.5. The maximum atomic E-state index is 6.33. The minimum absolute atomic E-state index is 0.237. The Morgan fingerprint density at radius 1 is 1.32 bits per heavy atom. The number of hydrogen-bond donors (Lipinski definition) is 2. The quantitative estimate of drug-likeness (QED) is 0.480. The molecule has 0 spiro atoms. The van der Waals surface area contributed by atoms with Gasteiger partial charge in [0.1, 0.15) is 11.6 Å². The van der Waals surface area contributed by atoms with Gasteiger partial charge < -0.3 is 25.0 Å². The van der Waals surface area contributed by atoms with Crippen molar-refractivity contribution in [2.45, 2.75) is 32.9 Å². The van der Waals surface area contributed by atoms with Gasteiger partial charge in [0.2, 0.25) is 0 Å². The maximum absolute atomic E-state index is 6.33. The molecule has 2 aromatic rings. The molecule has 2 N–H and O–H groups in total. The highest BCUT2D eigenvalue weighted by Gasteiger charge is 2.17. The molecule has 7 nitrogen and oxygen atoms in total. The van der Waals surface area contributed by atoms with Crippen LogP contribution < -0.4 is 20.3 Å². The van der Waals surface area contributed by atoms with Crippen LogP contribution in [-0.2, 0) is 17.7 Å². The van der Waals surface area contributed by atoms with E-state index in [-0.39, 0.29) is 6.10 Å². The van der Waals surface area contributed by atoms with Gasteiger partial charge in [0.15, 0.2) is 5.96 Å². The summed E-state index contributed by atoms with van der Waals surface area (Å²) in [7, 11) is 1.64. The molecule has 1 aliphatic heterocycles. The number of benzene rings is 1. The number of pyridine rings is 1. The van der Waals surface area contributed by atoms with Crippen LogP contribution in [0.15, 0.2) is 41.5 Å². The van der Waals surface area contributed by atoms with Gasteiger partial charge in [-0.1, -0.05) is 23.7 Å². The van der Waals surface area contributed by atoms with Crippen LogP contribution in [0.4, 0.5) is 5.82 Å². The van der Waals surface area contributed by atoms with Crippen molar-refractivity contribution in [3.05, 3.63) is 52.7 Å². The largest absolute Gasteiger partial charge is 0.497 e. The molecule has 1 aromatic heterocycles. The topological polar surface area (TPSA) is 71.0 Å². The van der Waals surface area contributed by atoms with Crippen molar-refractivity contribution in [2.24, 2.45) is 4.99 Å². The van der Waals surface area contributed by atoms with Gasteiger partial charge in [-0.2, -0.15) is 0 Å². The molecule has 8 heteroatoms. The number of anilines is 1. The van der Waals surface area contributed by atoms with E-state index in [0.29, 0.717) is 11.6 Å². The number of rotatable bonds is 8. The summed E-state index contributed by atoms with van der Waals surface area (Å²) in [5.41, 5.74) is 2.14. The molecule has 0 amide bonds. The molecular weight excluding hydrogens is 414 g/mol. The molecule has 1 unspecified atom stereocenters. The Hall–Kier alpha value is -2.51. The number of aromatic nitrogens is 1. The maximum Gasteiger partial charge on any atom is 0.191 e. The van der Waals surface area contributed by atoms with Crippen LogP contribution in [0.2, 0.25) is 5.02 Å². The van der Waals surface area contributed by atoms with Crippen LogP contribution in [0.5, 0.6) is 5.75 Å². The zero-order chi connectivity index (χ0) is 22.1. The van der Waals surface area contributed by atoms with Gasteiger partial charge in [-0.25, -0.2) is 9.98 Å². The summed E-state index contributed by atoms with van der Waals surface area (Å²) >= 11 is 6.33. The molecule has 168 valence electrons. The first-order valence-electron chi connectivity index (χ1n) is 10.7. The molecule has 1 aromatic carbocycles. The molecule has 2 heterocycles. The Morgan fingerprint density at radius 3 is 2.87 bits per heavy atom. The predicted octanol–water partition coefficient (Wildman–Crippen LogP) is 3.27. The standard InChI is InChI=1S/C23H32ClN5O2/c1-4-25-23(26-10-9-19-6-7-20(30-3)13-21(19)24)28-15-18-5-8-22(27-14-18)29-11-12-31-17(2)16-29/h5-8,13-14,17H,4,9-12,15-16H2,1-3H3,(H2,25,26,28). The number of ether oxygens (including phenoxy) is 2. The number of aliphatic imine (C=N–C) groups is 1. The Labute approximate surface area is 189 Å². The van der Waals surface area contributed by atoms with Gasteiger partial charge in [0.25, 0.3) is 0 Å². The van der Waals surface area contributed by atoms with Gasteiger partial charge in [-0.3, -0.25) is 0 Å². The molecule has 0 bridgehead atoms. The number of morpholine rings is 1. The third-order valence-corrected chi connectivity index (χ3v) is 5.44. The van der Waals surface area contributed by atoms with Crippen molar-refractivity contribution in [2.75, 3.05) is 44.8 Å². The smallest absolute Gasteiger partial charge is 0.191 e. The number of hydrogen-bond acceptors (Lipinski definition) is 5. The van der Waals surface area contributed by atoms with Crippen LogP contribution in [0.3, 0.4) is 0 Å². The van der Waals surface area contributed by atoms with Crippen LogP contribution >= 0.6 is 11.6 Å². The van der Waals surface area contributed by atoms with Gasteiger partial charge in [-0.05, 0) is 49.6 Å². The molecule has 0 saturated carbocycles. The fraction of sp³-hybridized carbons (Fsp3) is 0.478. The molecule has 0 aliphatic carbocycles. The minimum Gasteiger partial charge on any atom is -0.497 e. The zero-order valence-corrected chi connectivity index (χ0v) is 19.3. The predicted molar refractivity (Wildman–Crippen MR) is 126 cm³/mol. The van der Waals surface area contributed by atoms with E-state index in [2.05, 4.69) is 51.5 Å². The van der Waals surface area contributed by atoms with Crippen molar-refractivity contribution in [3.8, 4) is 5.75 Å². The summed E-state index contributed by atoms with van der Waals surface area (Å²) in [6.07, 6.45) is 2.93. The highest BCUT2D eigenvalue weighted by molar-refractivity contribution is 6.31. The molecule has 1 saturated heterocycles. The Balaban J connectivity index is 1.53. The molecule has 1 fully saturated rings. The number of nitrogens with zero attached hydrogens (tertiary/aromatic N) is 3. The minimum atomic E-state index is 0.237. The van der Waals surface area contributed by atoms with E-state index in [1.165, 1.54) is 0 Å². The summed E-state index contributed by atoms with van der Waals surface area (Å²) in [4.78, 5) is 11.6. The lowest BCUT2D eigenvalue weighted by molar-refractivity contribution is 0.0529. The highest BCUT2D eigenvalue weighted by atomic mass is 35.5. The van der Waals surface area contributed by atoms with E-state index in [1.54, 1.807) is 7.11 Å².